The average Bonchev–Trinajstić information content (AvgIpc) is 3.17. The summed E-state index contributed by atoms with van der Waals surface area (Å²) in [6.45, 7) is 7.97. The second-order valence-electron chi connectivity index (χ2n) is 6.03. The first-order chi connectivity index (χ1) is 10.3. The summed E-state index contributed by atoms with van der Waals surface area (Å²) in [7, 11) is 0. The minimum Gasteiger partial charge on any atom is -0.361 e. The summed E-state index contributed by atoms with van der Waals surface area (Å²) in [6, 6.07) is 8.17. The lowest BCUT2D eigenvalue weighted by Crippen LogP contribution is -2.24. The van der Waals surface area contributed by atoms with Crippen molar-refractivity contribution in [2.45, 2.75) is 32.6 Å². The van der Waals surface area contributed by atoms with Crippen LogP contribution >= 0.6 is 0 Å². The van der Waals surface area contributed by atoms with Crippen LogP contribution in [0, 0.1) is 17.2 Å². The van der Waals surface area contributed by atoms with Crippen LogP contribution in [-0.4, -0.2) is 29.5 Å². The molecule has 1 N–H and O–H groups in total. The SMILES string of the molecule is CCN(CC)CCC1CC1c1c[nH]c2ccc(C#N)cc12. The molecule has 1 aromatic carbocycles. The first-order valence-corrected chi connectivity index (χ1v) is 8.00. The molecule has 2 atom stereocenters. The molecule has 1 saturated carbocycles. The van der Waals surface area contributed by atoms with Crippen molar-refractivity contribution >= 4 is 10.9 Å². The number of nitrogens with one attached hydrogen (secondary N) is 1. The molecule has 3 rings (SSSR count). The molecule has 1 aromatic heterocycles. The van der Waals surface area contributed by atoms with Crippen LogP contribution < -0.4 is 0 Å². The number of hydrogen-bond acceptors (Lipinski definition) is 2. The molecule has 0 bridgehead atoms. The summed E-state index contributed by atoms with van der Waals surface area (Å²) in [5, 5.41) is 10.3. The van der Waals surface area contributed by atoms with Gasteiger partial charge in [-0.15, -0.1) is 0 Å². The van der Waals surface area contributed by atoms with E-state index in [0.29, 0.717) is 5.92 Å². The summed E-state index contributed by atoms with van der Waals surface area (Å²) in [5.74, 6) is 1.50. The Morgan fingerprint density at radius 2 is 2.14 bits per heavy atom. The lowest BCUT2D eigenvalue weighted by molar-refractivity contribution is 0.293. The maximum absolute atomic E-state index is 9.07. The molecule has 0 aliphatic heterocycles. The number of nitrogens with zero attached hydrogens (tertiary/aromatic N) is 2. The molecule has 0 saturated heterocycles. The Kier molecular flexibility index (Phi) is 3.98. The Morgan fingerprint density at radius 1 is 1.33 bits per heavy atom. The lowest BCUT2D eigenvalue weighted by atomic mass is 10.0. The standard InChI is InChI=1S/C18H23N3/c1-3-21(4-2)8-7-14-10-15(14)17-12-20-18-6-5-13(11-19)9-16(17)18/h5-6,9,12,14-15,20H,3-4,7-8,10H2,1-2H3. The first kappa shape index (κ1) is 14.2. The van der Waals surface area contributed by atoms with Gasteiger partial charge < -0.3 is 9.88 Å². The molecule has 1 heterocycles. The number of aromatic amines is 1. The van der Waals surface area contributed by atoms with Crippen molar-refractivity contribution in [1.29, 1.82) is 5.26 Å². The second kappa shape index (κ2) is 5.91. The van der Waals surface area contributed by atoms with E-state index in [1.165, 1.54) is 30.3 Å². The molecule has 21 heavy (non-hydrogen) atoms. The quantitative estimate of drug-likeness (QED) is 0.873. The Morgan fingerprint density at radius 3 is 2.86 bits per heavy atom. The number of nitriles is 1. The van der Waals surface area contributed by atoms with Crippen molar-refractivity contribution in [2.75, 3.05) is 19.6 Å². The minimum atomic E-state index is 0.684. The van der Waals surface area contributed by atoms with Gasteiger partial charge in [0.2, 0.25) is 0 Å². The first-order valence-electron chi connectivity index (χ1n) is 8.00. The third kappa shape index (κ3) is 2.82. The Hall–Kier alpha value is -1.79. The molecule has 0 spiro atoms. The molecule has 2 aromatic rings. The highest BCUT2D eigenvalue weighted by atomic mass is 15.1. The smallest absolute Gasteiger partial charge is 0.0991 e. The van der Waals surface area contributed by atoms with Gasteiger partial charge in [0.1, 0.15) is 0 Å². The number of benzene rings is 1. The van der Waals surface area contributed by atoms with Crippen LogP contribution in [0.3, 0.4) is 0 Å². The Balaban J connectivity index is 1.70. The van der Waals surface area contributed by atoms with Crippen molar-refractivity contribution < 1.29 is 0 Å². The fraction of sp³-hybridized carbons (Fsp3) is 0.500. The van der Waals surface area contributed by atoms with Gasteiger partial charge in [-0.1, -0.05) is 13.8 Å². The zero-order valence-corrected chi connectivity index (χ0v) is 12.9. The molecular formula is C18H23N3. The molecule has 0 amide bonds. The van der Waals surface area contributed by atoms with Gasteiger partial charge >= 0.3 is 0 Å². The normalized spacial score (nSPS) is 20.9. The largest absolute Gasteiger partial charge is 0.361 e. The van der Waals surface area contributed by atoms with Gasteiger partial charge in [0.05, 0.1) is 11.6 Å². The zero-order chi connectivity index (χ0) is 14.8. The van der Waals surface area contributed by atoms with Gasteiger partial charge in [-0.2, -0.15) is 5.26 Å². The van der Waals surface area contributed by atoms with Crippen LogP contribution in [0.2, 0.25) is 0 Å². The lowest BCUT2D eigenvalue weighted by Gasteiger charge is -2.17. The van der Waals surface area contributed by atoms with E-state index in [1.807, 2.05) is 18.2 Å². The van der Waals surface area contributed by atoms with Crippen molar-refractivity contribution in [1.82, 2.24) is 9.88 Å². The van der Waals surface area contributed by atoms with Crippen LogP contribution in [0.1, 0.15) is 43.7 Å². The maximum Gasteiger partial charge on any atom is 0.0991 e. The van der Waals surface area contributed by atoms with E-state index in [1.54, 1.807) is 0 Å². The Labute approximate surface area is 126 Å². The summed E-state index contributed by atoms with van der Waals surface area (Å²) < 4.78 is 0. The van der Waals surface area contributed by atoms with E-state index in [9.17, 15) is 0 Å². The van der Waals surface area contributed by atoms with Gasteiger partial charge in [-0.3, -0.25) is 0 Å². The van der Waals surface area contributed by atoms with Crippen LogP contribution in [0.15, 0.2) is 24.4 Å². The minimum absolute atomic E-state index is 0.684. The van der Waals surface area contributed by atoms with Gasteiger partial charge in [-0.05, 0) is 68.1 Å². The molecular weight excluding hydrogens is 258 g/mol. The van der Waals surface area contributed by atoms with E-state index in [2.05, 4.69) is 36.0 Å². The molecule has 3 nitrogen and oxygen atoms in total. The number of H-pyrrole nitrogens is 1. The van der Waals surface area contributed by atoms with Crippen LogP contribution in [0.5, 0.6) is 0 Å². The second-order valence-corrected chi connectivity index (χ2v) is 6.03. The number of fused-ring (bicyclic) bond motifs is 1. The van der Waals surface area contributed by atoms with Crippen LogP contribution in [0.25, 0.3) is 10.9 Å². The van der Waals surface area contributed by atoms with E-state index >= 15 is 0 Å². The summed E-state index contributed by atoms with van der Waals surface area (Å²) in [4.78, 5) is 5.85. The summed E-state index contributed by atoms with van der Waals surface area (Å²) >= 11 is 0. The van der Waals surface area contributed by atoms with Gasteiger partial charge in [0.25, 0.3) is 0 Å². The Bertz CT molecular complexity index is 661. The highest BCUT2D eigenvalue weighted by molar-refractivity contribution is 5.85. The molecule has 1 aliphatic rings. The van der Waals surface area contributed by atoms with Crippen molar-refractivity contribution in [2.24, 2.45) is 5.92 Å². The van der Waals surface area contributed by atoms with E-state index < -0.39 is 0 Å². The highest BCUT2D eigenvalue weighted by Gasteiger charge is 2.39. The number of aromatic nitrogens is 1. The number of hydrogen-bond donors (Lipinski definition) is 1. The van der Waals surface area contributed by atoms with Gasteiger partial charge in [0.15, 0.2) is 0 Å². The third-order valence-electron chi connectivity index (χ3n) is 4.88. The summed E-state index contributed by atoms with van der Waals surface area (Å²) in [6.07, 6.45) is 4.73. The summed E-state index contributed by atoms with van der Waals surface area (Å²) in [5.41, 5.74) is 3.31. The van der Waals surface area contributed by atoms with E-state index in [4.69, 9.17) is 5.26 Å². The topological polar surface area (TPSA) is 42.8 Å². The van der Waals surface area contributed by atoms with E-state index in [-0.39, 0.29) is 0 Å². The highest BCUT2D eigenvalue weighted by Crippen LogP contribution is 2.51. The molecule has 0 radical (unpaired) electrons. The maximum atomic E-state index is 9.07. The fourth-order valence-electron chi connectivity index (χ4n) is 3.35. The molecule has 1 aliphatic carbocycles. The van der Waals surface area contributed by atoms with Gasteiger partial charge in [0, 0.05) is 17.1 Å². The van der Waals surface area contributed by atoms with Crippen LogP contribution in [0.4, 0.5) is 0 Å². The molecule has 2 unspecified atom stereocenters. The molecule has 1 fully saturated rings. The van der Waals surface area contributed by atoms with Crippen molar-refractivity contribution in [3.8, 4) is 6.07 Å². The third-order valence-corrected chi connectivity index (χ3v) is 4.88. The predicted octanol–water partition coefficient (Wildman–Crippen LogP) is 3.87. The monoisotopic (exact) mass is 281 g/mol. The molecule has 110 valence electrons. The zero-order valence-electron chi connectivity index (χ0n) is 12.9. The number of rotatable bonds is 6. The van der Waals surface area contributed by atoms with Gasteiger partial charge in [-0.25, -0.2) is 0 Å². The van der Waals surface area contributed by atoms with Crippen LogP contribution in [-0.2, 0) is 0 Å². The van der Waals surface area contributed by atoms with Crippen molar-refractivity contribution in [3.05, 3.63) is 35.5 Å². The average molecular weight is 281 g/mol. The molecule has 3 heteroatoms. The predicted molar refractivity (Wildman–Crippen MR) is 86.3 cm³/mol. The fourth-order valence-corrected chi connectivity index (χ4v) is 3.35. The van der Waals surface area contributed by atoms with E-state index in [0.717, 1.165) is 30.1 Å². The van der Waals surface area contributed by atoms with Crippen molar-refractivity contribution in [3.63, 3.8) is 0 Å².